The molecule has 74 valence electrons. The summed E-state index contributed by atoms with van der Waals surface area (Å²) in [7, 11) is 0. The highest BCUT2D eigenvalue weighted by Crippen LogP contribution is 2.31. The molecule has 14 heavy (non-hydrogen) atoms. The summed E-state index contributed by atoms with van der Waals surface area (Å²) in [5.41, 5.74) is 1.16. The van der Waals surface area contributed by atoms with Gasteiger partial charge < -0.3 is 4.42 Å². The average Bonchev–Trinajstić information content (AvgIpc) is 2.47. The Kier molecular flexibility index (Phi) is 2.60. The van der Waals surface area contributed by atoms with Crippen molar-refractivity contribution >= 4 is 45.9 Å². The van der Waals surface area contributed by atoms with E-state index >= 15 is 0 Å². The maximum absolute atomic E-state index is 5.92. The largest absolute Gasteiger partial charge is 0.437 e. The molecule has 2 rings (SSSR count). The van der Waals surface area contributed by atoms with Crippen molar-refractivity contribution in [2.45, 2.75) is 12.3 Å². The van der Waals surface area contributed by atoms with Crippen LogP contribution in [-0.4, -0.2) is 4.98 Å². The van der Waals surface area contributed by atoms with Crippen LogP contribution in [-0.2, 0) is 0 Å². The van der Waals surface area contributed by atoms with E-state index in [-0.39, 0.29) is 5.38 Å². The van der Waals surface area contributed by atoms with Gasteiger partial charge in [0.2, 0.25) is 5.89 Å². The molecule has 0 saturated heterocycles. The lowest BCUT2D eigenvalue weighted by Gasteiger charge is -1.92. The van der Waals surface area contributed by atoms with Crippen LogP contribution in [0.3, 0.4) is 0 Å². The number of benzene rings is 1. The Morgan fingerprint density at radius 2 is 2.07 bits per heavy atom. The first kappa shape index (κ1) is 10.1. The van der Waals surface area contributed by atoms with E-state index in [2.05, 4.69) is 4.98 Å². The van der Waals surface area contributed by atoms with Gasteiger partial charge in [-0.2, -0.15) is 0 Å². The monoisotopic (exact) mass is 249 g/mol. The van der Waals surface area contributed by atoms with Gasteiger partial charge in [0.15, 0.2) is 5.58 Å². The lowest BCUT2D eigenvalue weighted by Crippen LogP contribution is -1.81. The van der Waals surface area contributed by atoms with Gasteiger partial charge in [-0.05, 0) is 19.1 Å². The number of nitrogens with zero attached hydrogens (tertiary/aromatic N) is 1. The maximum Gasteiger partial charge on any atom is 0.213 e. The molecule has 0 N–H and O–H groups in total. The van der Waals surface area contributed by atoms with Crippen LogP contribution in [0.15, 0.2) is 16.5 Å². The number of aromatic nitrogens is 1. The normalized spacial score (nSPS) is 13.4. The van der Waals surface area contributed by atoms with Crippen LogP contribution in [0.2, 0.25) is 10.0 Å². The van der Waals surface area contributed by atoms with Gasteiger partial charge in [0.05, 0.1) is 5.02 Å². The predicted molar refractivity (Wildman–Crippen MR) is 58.3 cm³/mol. The van der Waals surface area contributed by atoms with Gasteiger partial charge in [0, 0.05) is 5.02 Å². The fourth-order valence-corrected chi connectivity index (χ4v) is 1.76. The summed E-state index contributed by atoms with van der Waals surface area (Å²) in [4.78, 5) is 4.17. The van der Waals surface area contributed by atoms with Crippen molar-refractivity contribution in [1.29, 1.82) is 0 Å². The summed E-state index contributed by atoms with van der Waals surface area (Å²) in [5, 5.41) is 0.699. The van der Waals surface area contributed by atoms with E-state index in [1.165, 1.54) is 0 Å². The minimum atomic E-state index is -0.280. The van der Waals surface area contributed by atoms with Gasteiger partial charge in [0.1, 0.15) is 10.9 Å². The standard InChI is InChI=1S/C9H6Cl3NO/c1-4(10)9-13-7-3-5(11)2-6(12)8(7)14-9/h2-4H,1H3. The molecule has 2 aromatic rings. The third-order valence-electron chi connectivity index (χ3n) is 1.77. The Morgan fingerprint density at radius 1 is 1.36 bits per heavy atom. The maximum atomic E-state index is 5.92. The average molecular weight is 251 g/mol. The zero-order chi connectivity index (χ0) is 10.3. The van der Waals surface area contributed by atoms with Gasteiger partial charge in [0.25, 0.3) is 0 Å². The lowest BCUT2D eigenvalue weighted by molar-refractivity contribution is 0.531. The number of halogens is 3. The molecule has 1 unspecified atom stereocenters. The number of oxazole rings is 1. The fraction of sp³-hybridized carbons (Fsp3) is 0.222. The first-order valence-corrected chi connectivity index (χ1v) is 5.16. The summed E-state index contributed by atoms with van der Waals surface area (Å²) < 4.78 is 5.38. The second kappa shape index (κ2) is 3.61. The van der Waals surface area contributed by atoms with E-state index in [4.69, 9.17) is 39.2 Å². The van der Waals surface area contributed by atoms with Crippen molar-refractivity contribution in [2.24, 2.45) is 0 Å². The predicted octanol–water partition coefficient (Wildman–Crippen LogP) is 4.43. The molecule has 1 aromatic carbocycles. The smallest absolute Gasteiger partial charge is 0.213 e. The first-order valence-electron chi connectivity index (χ1n) is 3.97. The van der Waals surface area contributed by atoms with E-state index in [1.54, 1.807) is 19.1 Å². The Labute approximate surface area is 95.8 Å². The van der Waals surface area contributed by atoms with Crippen molar-refractivity contribution in [2.75, 3.05) is 0 Å². The molecule has 0 bridgehead atoms. The van der Waals surface area contributed by atoms with Gasteiger partial charge >= 0.3 is 0 Å². The molecule has 0 aliphatic heterocycles. The molecule has 0 amide bonds. The highest BCUT2D eigenvalue weighted by atomic mass is 35.5. The quantitative estimate of drug-likeness (QED) is 0.700. The molecule has 0 spiro atoms. The van der Waals surface area contributed by atoms with E-state index in [9.17, 15) is 0 Å². The third-order valence-corrected chi connectivity index (χ3v) is 2.45. The van der Waals surface area contributed by atoms with E-state index in [0.29, 0.717) is 27.0 Å². The van der Waals surface area contributed by atoms with E-state index in [1.807, 2.05) is 0 Å². The molecule has 0 aliphatic carbocycles. The number of fused-ring (bicyclic) bond motifs is 1. The highest BCUT2D eigenvalue weighted by molar-refractivity contribution is 6.38. The van der Waals surface area contributed by atoms with Crippen LogP contribution in [0.4, 0.5) is 0 Å². The number of alkyl halides is 1. The summed E-state index contributed by atoms with van der Waals surface area (Å²) in [6, 6.07) is 3.30. The molecule has 0 fully saturated rings. The number of hydrogen-bond acceptors (Lipinski definition) is 2. The lowest BCUT2D eigenvalue weighted by atomic mass is 10.3. The van der Waals surface area contributed by atoms with Gasteiger partial charge in [-0.3, -0.25) is 0 Å². The van der Waals surface area contributed by atoms with Crippen LogP contribution < -0.4 is 0 Å². The SMILES string of the molecule is CC(Cl)c1nc2cc(Cl)cc(Cl)c2o1. The van der Waals surface area contributed by atoms with Gasteiger partial charge in [-0.15, -0.1) is 11.6 Å². The number of rotatable bonds is 1. The second-order valence-electron chi connectivity index (χ2n) is 2.90. The van der Waals surface area contributed by atoms with Crippen molar-refractivity contribution in [1.82, 2.24) is 4.98 Å². The van der Waals surface area contributed by atoms with Gasteiger partial charge in [-0.25, -0.2) is 4.98 Å². The zero-order valence-corrected chi connectivity index (χ0v) is 9.49. The number of hydrogen-bond donors (Lipinski definition) is 0. The molecule has 0 radical (unpaired) electrons. The summed E-state index contributed by atoms with van der Waals surface area (Å²) in [6.07, 6.45) is 0. The molecule has 5 heteroatoms. The molecule has 1 atom stereocenters. The van der Waals surface area contributed by atoms with Crippen LogP contribution in [0.1, 0.15) is 18.2 Å². The fourth-order valence-electron chi connectivity index (χ4n) is 1.15. The second-order valence-corrected chi connectivity index (χ2v) is 4.40. The van der Waals surface area contributed by atoms with Crippen LogP contribution in [0, 0.1) is 0 Å². The first-order chi connectivity index (χ1) is 6.58. The topological polar surface area (TPSA) is 26.0 Å². The minimum absolute atomic E-state index is 0.280. The Bertz CT molecular complexity index is 478. The Morgan fingerprint density at radius 3 is 2.71 bits per heavy atom. The molecule has 0 aliphatic rings. The summed E-state index contributed by atoms with van der Waals surface area (Å²) in [5.74, 6) is 0.450. The van der Waals surface area contributed by atoms with E-state index < -0.39 is 0 Å². The minimum Gasteiger partial charge on any atom is -0.437 e. The summed E-state index contributed by atoms with van der Waals surface area (Å²) >= 11 is 17.6. The van der Waals surface area contributed by atoms with Crippen LogP contribution in [0.5, 0.6) is 0 Å². The molecule has 1 heterocycles. The van der Waals surface area contributed by atoms with Crippen LogP contribution >= 0.6 is 34.8 Å². The van der Waals surface area contributed by atoms with Crippen LogP contribution in [0.25, 0.3) is 11.1 Å². The van der Waals surface area contributed by atoms with Gasteiger partial charge in [-0.1, -0.05) is 23.2 Å². The van der Waals surface area contributed by atoms with Crippen molar-refractivity contribution in [3.8, 4) is 0 Å². The molecular formula is C9H6Cl3NO. The molecule has 1 aromatic heterocycles. The summed E-state index contributed by atoms with van der Waals surface area (Å²) in [6.45, 7) is 1.78. The highest BCUT2D eigenvalue weighted by Gasteiger charge is 2.13. The Hall–Kier alpha value is -0.440. The van der Waals surface area contributed by atoms with E-state index in [0.717, 1.165) is 0 Å². The third kappa shape index (κ3) is 1.70. The Balaban J connectivity index is 2.70. The molecule has 2 nitrogen and oxygen atoms in total. The van der Waals surface area contributed by atoms with Crippen molar-refractivity contribution in [3.05, 3.63) is 28.1 Å². The van der Waals surface area contributed by atoms with Crippen molar-refractivity contribution in [3.63, 3.8) is 0 Å². The molecular weight excluding hydrogens is 244 g/mol. The molecule has 0 saturated carbocycles. The van der Waals surface area contributed by atoms with Crippen molar-refractivity contribution < 1.29 is 4.42 Å². The zero-order valence-electron chi connectivity index (χ0n) is 7.22.